The molecule has 0 fully saturated rings. The van der Waals surface area contributed by atoms with Gasteiger partial charge >= 0.3 is 0 Å². The zero-order valence-electron chi connectivity index (χ0n) is 27.6. The van der Waals surface area contributed by atoms with Crippen LogP contribution in [0.15, 0.2) is 170 Å². The molecule has 0 amide bonds. The van der Waals surface area contributed by atoms with Crippen LogP contribution in [0, 0.1) is 0 Å². The fourth-order valence-corrected chi connectivity index (χ4v) is 8.42. The Morgan fingerprint density at radius 1 is 0.431 bits per heavy atom. The topological polar surface area (TPSA) is 8.17 Å². The van der Waals surface area contributed by atoms with E-state index in [0.717, 1.165) is 11.4 Å². The van der Waals surface area contributed by atoms with E-state index in [1.165, 1.54) is 77.0 Å². The van der Waals surface area contributed by atoms with E-state index in [1.807, 2.05) is 0 Å². The van der Waals surface area contributed by atoms with Crippen LogP contribution in [0.4, 0.5) is 17.1 Å². The van der Waals surface area contributed by atoms with Crippen molar-refractivity contribution >= 4 is 60.4 Å². The third-order valence-corrected chi connectivity index (χ3v) is 10.7. The molecule has 0 aliphatic heterocycles. The van der Waals surface area contributed by atoms with Crippen LogP contribution >= 0.6 is 0 Å². The van der Waals surface area contributed by atoms with E-state index in [2.05, 4.69) is 193 Å². The van der Waals surface area contributed by atoms with Gasteiger partial charge in [-0.3, -0.25) is 0 Å². The summed E-state index contributed by atoms with van der Waals surface area (Å²) in [6, 6.07) is 62.4. The van der Waals surface area contributed by atoms with Gasteiger partial charge in [-0.2, -0.15) is 0 Å². The highest BCUT2D eigenvalue weighted by Crippen LogP contribution is 2.52. The lowest BCUT2D eigenvalue weighted by atomic mass is 9.82. The number of aromatic nitrogens is 1. The third kappa shape index (κ3) is 4.71. The lowest BCUT2D eigenvalue weighted by Gasteiger charge is -2.29. The molecule has 0 unspecified atom stereocenters. The molecule has 1 aliphatic rings. The van der Waals surface area contributed by atoms with Crippen LogP contribution in [0.25, 0.3) is 60.2 Å². The zero-order chi connectivity index (χ0) is 32.7. The second kappa shape index (κ2) is 12.0. The van der Waals surface area contributed by atoms with Gasteiger partial charge in [0.05, 0.1) is 16.7 Å². The molecule has 9 aromatic rings. The largest absolute Gasteiger partial charge is 0.310 e. The Kier molecular flexibility index (Phi) is 7.58. The minimum atomic E-state index is -0.191. The van der Waals surface area contributed by atoms with Crippen molar-refractivity contribution in [2.45, 2.75) is 34.1 Å². The number of fused-ring (bicyclic) bond motifs is 9. The molecule has 0 saturated carbocycles. The van der Waals surface area contributed by atoms with E-state index in [1.54, 1.807) is 0 Å². The van der Waals surface area contributed by atoms with Crippen LogP contribution in [0.3, 0.4) is 0 Å². The van der Waals surface area contributed by atoms with Gasteiger partial charge < -0.3 is 9.47 Å². The van der Waals surface area contributed by atoms with E-state index in [4.69, 9.17) is 0 Å². The first-order chi connectivity index (χ1) is 24.1. The fourth-order valence-electron chi connectivity index (χ4n) is 8.42. The average molecular weight is 659 g/mol. The molecule has 2 heteroatoms. The maximum atomic E-state index is 2.44. The van der Waals surface area contributed by atoms with Crippen molar-refractivity contribution in [1.82, 2.24) is 4.57 Å². The number of anilines is 3. The normalized spacial score (nSPS) is 12.7. The summed E-state index contributed by atoms with van der Waals surface area (Å²) in [5, 5.41) is 7.59. The summed E-state index contributed by atoms with van der Waals surface area (Å²) in [6.07, 6.45) is 0. The Balaban J connectivity index is 0.00000187. The molecular formula is C49H42N2. The first kappa shape index (κ1) is 32.1. The first-order valence-electron chi connectivity index (χ1n) is 17.1. The smallest absolute Gasteiger partial charge is 0.0546 e. The predicted octanol–water partition coefficient (Wildman–Crippen LogP) is 14.1. The molecule has 10 rings (SSSR count). The molecule has 8 aromatic carbocycles. The van der Waals surface area contributed by atoms with Crippen LogP contribution in [0.1, 0.15) is 39.8 Å². The Labute approximate surface area is 300 Å². The van der Waals surface area contributed by atoms with Gasteiger partial charge in [-0.05, 0) is 93.0 Å². The number of hydrogen-bond donors (Lipinski definition) is 0. The van der Waals surface area contributed by atoms with Crippen molar-refractivity contribution in [1.29, 1.82) is 0 Å². The van der Waals surface area contributed by atoms with Gasteiger partial charge in [-0.25, -0.2) is 0 Å². The molecular weight excluding hydrogens is 617 g/mol. The maximum absolute atomic E-state index is 2.44. The Morgan fingerprint density at radius 3 is 1.65 bits per heavy atom. The van der Waals surface area contributed by atoms with Crippen molar-refractivity contribution in [3.8, 4) is 16.8 Å². The van der Waals surface area contributed by atoms with Gasteiger partial charge in [0, 0.05) is 38.6 Å². The minimum Gasteiger partial charge on any atom is -0.310 e. The predicted molar refractivity (Wildman–Crippen MR) is 222 cm³/mol. The maximum Gasteiger partial charge on any atom is 0.0546 e. The highest BCUT2D eigenvalue weighted by Gasteiger charge is 2.36. The quantitative estimate of drug-likeness (QED) is 0.171. The number of nitrogens with zero attached hydrogens (tertiary/aromatic N) is 2. The van der Waals surface area contributed by atoms with Crippen molar-refractivity contribution in [3.05, 3.63) is 181 Å². The van der Waals surface area contributed by atoms with Crippen molar-refractivity contribution < 1.29 is 0 Å². The lowest BCUT2D eigenvalue weighted by molar-refractivity contribution is 0.660. The van der Waals surface area contributed by atoms with E-state index in [9.17, 15) is 0 Å². The van der Waals surface area contributed by atoms with Crippen molar-refractivity contribution in [2.24, 2.45) is 0 Å². The highest BCUT2D eigenvalue weighted by atomic mass is 15.1. The zero-order valence-corrected chi connectivity index (χ0v) is 27.6. The SMILES string of the molecule is C.C.CC1(C)c2cc(N(c3ccccc3)c3cc4ccccc4c4ccccc34)ccc2-c2ccc(-n3c4ccccc4c4ccccc43)cc21. The summed E-state index contributed by atoms with van der Waals surface area (Å²) >= 11 is 0. The monoisotopic (exact) mass is 658 g/mol. The first-order valence-corrected chi connectivity index (χ1v) is 17.1. The lowest BCUT2D eigenvalue weighted by Crippen LogP contribution is -2.17. The fraction of sp³-hybridized carbons (Fsp3) is 0.102. The minimum absolute atomic E-state index is 0. The van der Waals surface area contributed by atoms with Crippen LogP contribution in [0.2, 0.25) is 0 Å². The summed E-state index contributed by atoms with van der Waals surface area (Å²) in [7, 11) is 0. The molecule has 0 N–H and O–H groups in total. The van der Waals surface area contributed by atoms with Crippen molar-refractivity contribution in [3.63, 3.8) is 0 Å². The van der Waals surface area contributed by atoms with Crippen LogP contribution in [-0.4, -0.2) is 4.57 Å². The Bertz CT molecular complexity index is 2700. The summed E-state index contributed by atoms with van der Waals surface area (Å²) < 4.78 is 2.43. The Morgan fingerprint density at radius 2 is 0.961 bits per heavy atom. The van der Waals surface area contributed by atoms with Gasteiger partial charge in [-0.1, -0.05) is 144 Å². The average Bonchev–Trinajstić information content (AvgIpc) is 3.60. The van der Waals surface area contributed by atoms with Gasteiger partial charge in [0.1, 0.15) is 0 Å². The van der Waals surface area contributed by atoms with Crippen LogP contribution < -0.4 is 4.90 Å². The summed E-state index contributed by atoms with van der Waals surface area (Å²) in [5.41, 5.74) is 12.3. The van der Waals surface area contributed by atoms with E-state index < -0.39 is 0 Å². The number of rotatable bonds is 4. The molecule has 2 nitrogen and oxygen atoms in total. The summed E-state index contributed by atoms with van der Waals surface area (Å²) in [6.45, 7) is 4.77. The van der Waals surface area contributed by atoms with Gasteiger partial charge in [0.2, 0.25) is 0 Å². The summed E-state index contributed by atoms with van der Waals surface area (Å²) in [4.78, 5) is 2.44. The molecule has 0 spiro atoms. The molecule has 1 aromatic heterocycles. The second-order valence-corrected chi connectivity index (χ2v) is 13.8. The van der Waals surface area contributed by atoms with Crippen LogP contribution in [0.5, 0.6) is 0 Å². The molecule has 0 radical (unpaired) electrons. The standard InChI is InChI=1S/C47H34N2.2CH4/c1-47(2)42-29-33(48(32-15-4-3-5-16-32)46-28-31-14-6-7-17-35(31)36-18-8-9-19-39(36)46)24-26-37(42)38-27-25-34(30-43(38)47)49-44-22-12-10-20-40(44)41-21-11-13-23-45(41)49;;/h3-30H,1-2H3;2*1H4. The van der Waals surface area contributed by atoms with E-state index in [-0.39, 0.29) is 20.3 Å². The van der Waals surface area contributed by atoms with E-state index in [0.29, 0.717) is 0 Å². The van der Waals surface area contributed by atoms with Gasteiger partial charge in [-0.15, -0.1) is 0 Å². The molecule has 248 valence electrons. The number of para-hydroxylation sites is 3. The van der Waals surface area contributed by atoms with Crippen LogP contribution in [-0.2, 0) is 5.41 Å². The molecule has 1 heterocycles. The molecule has 0 saturated heterocycles. The second-order valence-electron chi connectivity index (χ2n) is 13.8. The number of benzene rings is 8. The van der Waals surface area contributed by atoms with Crippen molar-refractivity contribution in [2.75, 3.05) is 4.90 Å². The molecule has 0 bridgehead atoms. The molecule has 0 atom stereocenters. The number of hydrogen-bond acceptors (Lipinski definition) is 1. The van der Waals surface area contributed by atoms with E-state index >= 15 is 0 Å². The summed E-state index contributed by atoms with van der Waals surface area (Å²) in [5.74, 6) is 0. The molecule has 1 aliphatic carbocycles. The third-order valence-electron chi connectivity index (χ3n) is 10.7. The molecule has 51 heavy (non-hydrogen) atoms. The van der Waals surface area contributed by atoms with Gasteiger partial charge in [0.15, 0.2) is 0 Å². The highest BCUT2D eigenvalue weighted by molar-refractivity contribution is 6.14. The Hall–Kier alpha value is -6.12. The van der Waals surface area contributed by atoms with Gasteiger partial charge in [0.25, 0.3) is 0 Å².